The Morgan fingerprint density at radius 2 is 1.97 bits per heavy atom. The zero-order chi connectivity index (χ0) is 26.8. The third kappa shape index (κ3) is 13.2. The minimum absolute atomic E-state index is 0.451. The van der Waals surface area contributed by atoms with Gasteiger partial charge in [0, 0.05) is 44.6 Å². The van der Waals surface area contributed by atoms with Crippen LogP contribution in [0.25, 0.3) is 0 Å². The van der Waals surface area contributed by atoms with E-state index in [1.54, 1.807) is 0 Å². The smallest absolute Gasteiger partial charge is 0.394 e. The number of nitrogens with one attached hydrogen (secondary N) is 3. The van der Waals surface area contributed by atoms with Crippen LogP contribution in [0, 0.1) is 0 Å². The molecule has 0 spiro atoms. The molecule has 1 aliphatic rings. The maximum absolute atomic E-state index is 12.3. The van der Waals surface area contributed by atoms with Crippen molar-refractivity contribution in [3.8, 4) is 0 Å². The van der Waals surface area contributed by atoms with E-state index in [1.165, 1.54) is 17.3 Å². The van der Waals surface area contributed by atoms with Crippen molar-refractivity contribution < 1.29 is 13.2 Å². The molecular formula is C28H42F3N5. The van der Waals surface area contributed by atoms with Crippen LogP contribution in [0.15, 0.2) is 78.3 Å². The van der Waals surface area contributed by atoms with Gasteiger partial charge in [-0.2, -0.15) is 13.2 Å². The molecule has 0 aliphatic heterocycles. The Morgan fingerprint density at radius 3 is 2.50 bits per heavy atom. The third-order valence-corrected chi connectivity index (χ3v) is 5.38. The van der Waals surface area contributed by atoms with Crippen LogP contribution >= 0.6 is 0 Å². The summed E-state index contributed by atoms with van der Waals surface area (Å²) in [4.78, 5) is 6.02. The van der Waals surface area contributed by atoms with Gasteiger partial charge in [-0.05, 0) is 76.2 Å². The Morgan fingerprint density at radius 1 is 1.19 bits per heavy atom. The van der Waals surface area contributed by atoms with Crippen LogP contribution < -0.4 is 16.0 Å². The Labute approximate surface area is 215 Å². The average Bonchev–Trinajstić information content (AvgIpc) is 2.86. The molecule has 1 aliphatic carbocycles. The van der Waals surface area contributed by atoms with Crippen LogP contribution in [0.2, 0.25) is 0 Å². The molecule has 36 heavy (non-hydrogen) atoms. The van der Waals surface area contributed by atoms with Crippen molar-refractivity contribution >= 4 is 5.82 Å². The molecule has 5 nitrogen and oxygen atoms in total. The van der Waals surface area contributed by atoms with Crippen LogP contribution in [-0.2, 0) is 6.18 Å². The van der Waals surface area contributed by atoms with Crippen molar-refractivity contribution in [3.05, 3.63) is 83.9 Å². The zero-order valence-corrected chi connectivity index (χ0v) is 22.2. The maximum Gasteiger partial charge on any atom is 0.417 e. The van der Waals surface area contributed by atoms with Gasteiger partial charge in [0.2, 0.25) is 0 Å². The van der Waals surface area contributed by atoms with E-state index in [9.17, 15) is 13.2 Å². The normalized spacial score (nSPS) is 14.3. The molecule has 200 valence electrons. The second kappa shape index (κ2) is 17.4. The standard InChI is InChI=1S/C15H22N2.C13H20F3N3/c1-3-8-14(9-7-12-16-2)13-17-15-10-5-4-6-11-15;1-4-19(10(2)3)8-7-17-12-6-5-11(9-18-12)13(14,15)16/h3,5,7-12,16-17H,4,6,13H2,1-2H3;5-6,9-10H,4,7-8H2,1-3H3,(H,17,18)/b8-3-,12-7+,14-9+;. The lowest BCUT2D eigenvalue weighted by Crippen LogP contribution is -2.34. The van der Waals surface area contributed by atoms with Gasteiger partial charge in [-0.25, -0.2) is 4.98 Å². The third-order valence-electron chi connectivity index (χ3n) is 5.38. The molecule has 1 heterocycles. The topological polar surface area (TPSA) is 52.2 Å². The fourth-order valence-corrected chi connectivity index (χ4v) is 3.38. The number of pyridine rings is 1. The molecule has 1 aromatic rings. The summed E-state index contributed by atoms with van der Waals surface area (Å²) in [5.41, 5.74) is 1.76. The lowest BCUT2D eigenvalue weighted by atomic mass is 10.1. The van der Waals surface area contributed by atoms with Gasteiger partial charge in [0.15, 0.2) is 0 Å². The van der Waals surface area contributed by atoms with Gasteiger partial charge in [0.05, 0.1) is 5.56 Å². The molecule has 0 aromatic carbocycles. The summed E-state index contributed by atoms with van der Waals surface area (Å²) < 4.78 is 37.0. The molecule has 0 amide bonds. The van der Waals surface area contributed by atoms with E-state index in [2.05, 4.69) is 83.1 Å². The summed E-state index contributed by atoms with van der Waals surface area (Å²) in [5.74, 6) is 0.466. The maximum atomic E-state index is 12.3. The molecule has 0 atom stereocenters. The fourth-order valence-electron chi connectivity index (χ4n) is 3.38. The number of aromatic nitrogens is 1. The van der Waals surface area contributed by atoms with Gasteiger partial charge >= 0.3 is 6.18 Å². The van der Waals surface area contributed by atoms with Gasteiger partial charge in [0.25, 0.3) is 0 Å². The second-order valence-corrected chi connectivity index (χ2v) is 8.46. The highest BCUT2D eigenvalue weighted by Crippen LogP contribution is 2.28. The van der Waals surface area contributed by atoms with Gasteiger partial charge in [-0.3, -0.25) is 4.90 Å². The first-order chi connectivity index (χ1) is 17.2. The van der Waals surface area contributed by atoms with E-state index < -0.39 is 11.7 Å². The predicted octanol–water partition coefficient (Wildman–Crippen LogP) is 6.29. The Bertz CT molecular complexity index is 881. The number of hydrogen-bond donors (Lipinski definition) is 3. The highest BCUT2D eigenvalue weighted by Gasteiger charge is 2.30. The lowest BCUT2D eigenvalue weighted by Gasteiger charge is -2.24. The van der Waals surface area contributed by atoms with Crippen LogP contribution in [0.5, 0.6) is 0 Å². The molecule has 2 rings (SSSR count). The molecule has 0 bridgehead atoms. The van der Waals surface area contributed by atoms with Crippen molar-refractivity contribution in [2.45, 2.75) is 52.8 Å². The highest BCUT2D eigenvalue weighted by molar-refractivity contribution is 5.36. The quantitative estimate of drug-likeness (QED) is 0.292. The predicted molar refractivity (Wildman–Crippen MR) is 146 cm³/mol. The number of rotatable bonds is 12. The second-order valence-electron chi connectivity index (χ2n) is 8.46. The molecule has 3 N–H and O–H groups in total. The summed E-state index contributed by atoms with van der Waals surface area (Å²) in [7, 11) is 1.90. The summed E-state index contributed by atoms with van der Waals surface area (Å²) >= 11 is 0. The molecule has 0 radical (unpaired) electrons. The average molecular weight is 506 g/mol. The van der Waals surface area contributed by atoms with Gasteiger partial charge in [-0.1, -0.05) is 37.3 Å². The minimum atomic E-state index is -4.33. The summed E-state index contributed by atoms with van der Waals surface area (Å²) in [5, 5.41) is 9.44. The molecule has 0 saturated carbocycles. The Balaban J connectivity index is 0.000000362. The first kappa shape index (κ1) is 31.0. The monoisotopic (exact) mass is 505 g/mol. The van der Waals surface area contributed by atoms with Crippen molar-refractivity contribution in [2.24, 2.45) is 0 Å². The van der Waals surface area contributed by atoms with E-state index in [-0.39, 0.29) is 0 Å². The SMILES string of the molecule is CCN(CCNc1ccc(C(F)(F)F)cn1)C(C)C.C\C=C/C(=C\C=C\NC)CNC1=CCCC=C1. The highest BCUT2D eigenvalue weighted by atomic mass is 19.4. The summed E-state index contributed by atoms with van der Waals surface area (Å²) in [6, 6.07) is 2.84. The number of likely N-dealkylation sites (N-methyl/N-ethyl adjacent to an activating group) is 1. The Hall–Kier alpha value is -3.00. The van der Waals surface area contributed by atoms with Gasteiger partial charge in [-0.15, -0.1) is 0 Å². The number of allylic oxidation sites excluding steroid dienone is 6. The summed E-state index contributed by atoms with van der Waals surface area (Å²) in [6.45, 7) is 11.6. The number of halogens is 3. The molecule has 1 aromatic heterocycles. The van der Waals surface area contributed by atoms with E-state index >= 15 is 0 Å². The van der Waals surface area contributed by atoms with Gasteiger partial charge < -0.3 is 16.0 Å². The van der Waals surface area contributed by atoms with Crippen molar-refractivity contribution in [2.75, 3.05) is 38.5 Å². The molecular weight excluding hydrogens is 463 g/mol. The lowest BCUT2D eigenvalue weighted by molar-refractivity contribution is -0.137. The van der Waals surface area contributed by atoms with Crippen molar-refractivity contribution in [1.29, 1.82) is 0 Å². The zero-order valence-electron chi connectivity index (χ0n) is 22.2. The number of anilines is 1. The molecule has 8 heteroatoms. The van der Waals surface area contributed by atoms with Crippen LogP contribution in [0.1, 0.15) is 46.1 Å². The van der Waals surface area contributed by atoms with Gasteiger partial charge in [0.1, 0.15) is 5.82 Å². The molecule has 0 unspecified atom stereocenters. The van der Waals surface area contributed by atoms with E-state index in [4.69, 9.17) is 0 Å². The number of nitrogens with zero attached hydrogens (tertiary/aromatic N) is 2. The fraction of sp³-hybridized carbons (Fsp3) is 0.464. The van der Waals surface area contributed by atoms with Crippen molar-refractivity contribution in [1.82, 2.24) is 20.5 Å². The van der Waals surface area contributed by atoms with Crippen LogP contribution in [0.4, 0.5) is 19.0 Å². The van der Waals surface area contributed by atoms with E-state index in [0.29, 0.717) is 18.4 Å². The molecule has 0 saturated heterocycles. The largest absolute Gasteiger partial charge is 0.417 e. The first-order valence-corrected chi connectivity index (χ1v) is 12.5. The number of alkyl halides is 3. The molecule has 0 fully saturated rings. The minimum Gasteiger partial charge on any atom is -0.394 e. The van der Waals surface area contributed by atoms with Crippen molar-refractivity contribution in [3.63, 3.8) is 0 Å². The van der Waals surface area contributed by atoms with E-state index in [1.807, 2.05) is 26.2 Å². The van der Waals surface area contributed by atoms with E-state index in [0.717, 1.165) is 44.7 Å². The summed E-state index contributed by atoms with van der Waals surface area (Å²) in [6.07, 6.45) is 15.7. The van der Waals surface area contributed by atoms with Crippen LogP contribution in [-0.4, -0.2) is 49.2 Å². The first-order valence-electron chi connectivity index (χ1n) is 12.5. The Kier molecular flexibility index (Phi) is 15.0. The number of hydrogen-bond acceptors (Lipinski definition) is 5. The van der Waals surface area contributed by atoms with Crippen LogP contribution in [0.3, 0.4) is 0 Å².